The van der Waals surface area contributed by atoms with Crippen LogP contribution in [0.25, 0.3) is 10.9 Å². The second-order valence-electron chi connectivity index (χ2n) is 4.32. The van der Waals surface area contributed by atoms with Crippen LogP contribution in [-0.4, -0.2) is 12.0 Å². The summed E-state index contributed by atoms with van der Waals surface area (Å²) in [5.41, 5.74) is 2.16. The van der Waals surface area contributed by atoms with Gasteiger partial charge in [-0.2, -0.15) is 0 Å². The molecule has 0 saturated heterocycles. The molecule has 2 aromatic heterocycles. The third kappa shape index (κ3) is 2.41. The number of benzene rings is 1. The largest absolute Gasteiger partial charge is 0.452 e. The molecule has 3 rings (SSSR count). The Balaban J connectivity index is 2.06. The summed E-state index contributed by atoms with van der Waals surface area (Å²) in [6.45, 7) is 0. The third-order valence-corrected chi connectivity index (χ3v) is 3.55. The average Bonchev–Trinajstić information content (AvgIpc) is 2.86. The fourth-order valence-corrected chi connectivity index (χ4v) is 2.55. The van der Waals surface area contributed by atoms with Gasteiger partial charge < -0.3 is 9.73 Å². The summed E-state index contributed by atoms with van der Waals surface area (Å²) in [5.74, 6) is 0.887. The summed E-state index contributed by atoms with van der Waals surface area (Å²) in [5, 5.41) is 4.41. The van der Waals surface area contributed by atoms with E-state index in [2.05, 4.69) is 44.4 Å². The van der Waals surface area contributed by atoms with Gasteiger partial charge in [0.1, 0.15) is 5.76 Å². The van der Waals surface area contributed by atoms with Gasteiger partial charge in [-0.1, -0.05) is 12.1 Å². The first-order valence-electron chi connectivity index (χ1n) is 6.05. The molecule has 0 aliphatic rings. The highest BCUT2D eigenvalue weighted by Crippen LogP contribution is 2.27. The summed E-state index contributed by atoms with van der Waals surface area (Å²) in [7, 11) is 1.93. The van der Waals surface area contributed by atoms with Crippen LogP contribution in [0.4, 0.5) is 0 Å². The molecule has 0 aliphatic carbocycles. The number of hydrogen-bond acceptors (Lipinski definition) is 3. The number of fused-ring (bicyclic) bond motifs is 1. The van der Waals surface area contributed by atoms with E-state index in [1.165, 1.54) is 0 Å². The first-order chi connectivity index (χ1) is 9.28. The van der Waals surface area contributed by atoms with E-state index in [4.69, 9.17) is 4.42 Å². The molecule has 0 bridgehead atoms. The number of nitrogens with zero attached hydrogens (tertiary/aromatic N) is 1. The lowest BCUT2D eigenvalue weighted by molar-refractivity contribution is 0.447. The molecule has 3 aromatic rings. The second-order valence-corrected chi connectivity index (χ2v) is 5.10. The minimum absolute atomic E-state index is 0.0379. The molecule has 1 atom stereocenters. The van der Waals surface area contributed by atoms with Crippen molar-refractivity contribution >= 4 is 26.8 Å². The molecule has 3 nitrogen and oxygen atoms in total. The summed E-state index contributed by atoms with van der Waals surface area (Å²) in [6, 6.07) is 14.2. The van der Waals surface area contributed by atoms with Crippen LogP contribution in [0.1, 0.15) is 17.4 Å². The Morgan fingerprint density at radius 3 is 2.84 bits per heavy atom. The summed E-state index contributed by atoms with van der Waals surface area (Å²) >= 11 is 3.34. The van der Waals surface area contributed by atoms with Gasteiger partial charge >= 0.3 is 0 Å². The number of pyridine rings is 1. The first-order valence-corrected chi connectivity index (χ1v) is 6.84. The SMILES string of the molecule is CNC(c1ccc2ncccc2c1)c1ccc(Br)o1. The fourth-order valence-electron chi connectivity index (χ4n) is 2.23. The maximum atomic E-state index is 5.64. The molecule has 2 heterocycles. The quantitative estimate of drug-likeness (QED) is 0.796. The standard InChI is InChI=1S/C15H13BrN2O/c1-17-15(13-6-7-14(16)19-13)11-4-5-12-10(9-11)3-2-8-18-12/h2-9,15,17H,1H3. The molecule has 4 heteroatoms. The number of furan rings is 1. The number of aromatic nitrogens is 1. The van der Waals surface area contributed by atoms with Crippen LogP contribution in [-0.2, 0) is 0 Å². The van der Waals surface area contributed by atoms with Gasteiger partial charge in [-0.05, 0) is 58.9 Å². The highest BCUT2D eigenvalue weighted by atomic mass is 79.9. The van der Waals surface area contributed by atoms with Gasteiger partial charge in [0.05, 0.1) is 11.6 Å². The van der Waals surface area contributed by atoms with Crippen molar-refractivity contribution in [3.8, 4) is 0 Å². The van der Waals surface area contributed by atoms with Gasteiger partial charge in [-0.25, -0.2) is 0 Å². The number of hydrogen-bond donors (Lipinski definition) is 1. The van der Waals surface area contributed by atoms with Crippen LogP contribution >= 0.6 is 15.9 Å². The van der Waals surface area contributed by atoms with Crippen LogP contribution in [0, 0.1) is 0 Å². The first kappa shape index (κ1) is 12.4. The molecule has 96 valence electrons. The van der Waals surface area contributed by atoms with E-state index < -0.39 is 0 Å². The Bertz CT molecular complexity index is 708. The highest BCUT2D eigenvalue weighted by molar-refractivity contribution is 9.10. The molecule has 1 unspecified atom stereocenters. The molecule has 0 amide bonds. The normalized spacial score (nSPS) is 12.7. The Morgan fingerprint density at radius 1 is 1.21 bits per heavy atom. The monoisotopic (exact) mass is 316 g/mol. The number of nitrogens with one attached hydrogen (secondary N) is 1. The van der Waals surface area contributed by atoms with E-state index in [9.17, 15) is 0 Å². The molecule has 0 aliphatic heterocycles. The molecular formula is C15H13BrN2O. The number of halogens is 1. The number of rotatable bonds is 3. The highest BCUT2D eigenvalue weighted by Gasteiger charge is 2.16. The Hall–Kier alpha value is -1.65. The topological polar surface area (TPSA) is 38.1 Å². The van der Waals surface area contributed by atoms with Gasteiger partial charge in [-0.3, -0.25) is 4.98 Å². The van der Waals surface area contributed by atoms with Crippen LogP contribution in [0.15, 0.2) is 57.7 Å². The van der Waals surface area contributed by atoms with E-state index >= 15 is 0 Å². The Kier molecular flexibility index (Phi) is 3.36. The zero-order valence-corrected chi connectivity index (χ0v) is 12.0. The van der Waals surface area contributed by atoms with Gasteiger partial charge in [0.2, 0.25) is 0 Å². The van der Waals surface area contributed by atoms with Crippen molar-refractivity contribution in [3.05, 3.63) is 64.7 Å². The molecular weight excluding hydrogens is 304 g/mol. The minimum Gasteiger partial charge on any atom is -0.452 e. The summed E-state index contributed by atoms with van der Waals surface area (Å²) in [6.07, 6.45) is 1.81. The maximum absolute atomic E-state index is 5.64. The third-order valence-electron chi connectivity index (χ3n) is 3.13. The van der Waals surface area contributed by atoms with Crippen LogP contribution in [0.2, 0.25) is 0 Å². The van der Waals surface area contributed by atoms with Crippen molar-refractivity contribution in [3.63, 3.8) is 0 Å². The summed E-state index contributed by atoms with van der Waals surface area (Å²) < 4.78 is 6.38. The molecule has 19 heavy (non-hydrogen) atoms. The molecule has 0 spiro atoms. The van der Waals surface area contributed by atoms with Crippen LogP contribution < -0.4 is 5.32 Å². The van der Waals surface area contributed by atoms with E-state index in [0.29, 0.717) is 0 Å². The molecule has 1 aromatic carbocycles. The van der Waals surface area contributed by atoms with Gasteiger partial charge in [-0.15, -0.1) is 0 Å². The summed E-state index contributed by atoms with van der Waals surface area (Å²) in [4.78, 5) is 4.33. The fraction of sp³-hybridized carbons (Fsp3) is 0.133. The van der Waals surface area contributed by atoms with E-state index in [1.807, 2.05) is 31.3 Å². The van der Waals surface area contributed by atoms with Gasteiger partial charge in [0, 0.05) is 11.6 Å². The van der Waals surface area contributed by atoms with E-state index in [0.717, 1.165) is 26.9 Å². The van der Waals surface area contributed by atoms with Crippen LogP contribution in [0.5, 0.6) is 0 Å². The average molecular weight is 317 g/mol. The molecule has 0 saturated carbocycles. The Labute approximate surface area is 119 Å². The van der Waals surface area contributed by atoms with Crippen molar-refractivity contribution in [1.29, 1.82) is 0 Å². The zero-order chi connectivity index (χ0) is 13.2. The van der Waals surface area contributed by atoms with Crippen LogP contribution in [0.3, 0.4) is 0 Å². The zero-order valence-electron chi connectivity index (χ0n) is 10.4. The molecule has 0 fully saturated rings. The maximum Gasteiger partial charge on any atom is 0.169 e. The molecule has 0 radical (unpaired) electrons. The van der Waals surface area contributed by atoms with E-state index in [-0.39, 0.29) is 6.04 Å². The predicted molar refractivity (Wildman–Crippen MR) is 79.1 cm³/mol. The Morgan fingerprint density at radius 2 is 2.11 bits per heavy atom. The minimum atomic E-state index is 0.0379. The van der Waals surface area contributed by atoms with Gasteiger partial charge in [0.25, 0.3) is 0 Å². The van der Waals surface area contributed by atoms with Crippen molar-refractivity contribution in [2.75, 3.05) is 7.05 Å². The van der Waals surface area contributed by atoms with E-state index in [1.54, 1.807) is 6.20 Å². The van der Waals surface area contributed by atoms with Crippen molar-refractivity contribution in [2.24, 2.45) is 0 Å². The van der Waals surface area contributed by atoms with Gasteiger partial charge in [0.15, 0.2) is 4.67 Å². The van der Waals surface area contributed by atoms with Crippen molar-refractivity contribution in [1.82, 2.24) is 10.3 Å². The molecule has 1 N–H and O–H groups in total. The van der Waals surface area contributed by atoms with Crippen molar-refractivity contribution in [2.45, 2.75) is 6.04 Å². The lowest BCUT2D eigenvalue weighted by Crippen LogP contribution is -2.16. The lowest BCUT2D eigenvalue weighted by Gasteiger charge is -2.14. The predicted octanol–water partition coefficient (Wildman–Crippen LogP) is 3.90. The lowest BCUT2D eigenvalue weighted by atomic mass is 10.0. The smallest absolute Gasteiger partial charge is 0.169 e. The second kappa shape index (κ2) is 5.15. The van der Waals surface area contributed by atoms with Crippen molar-refractivity contribution < 1.29 is 4.42 Å².